The Kier molecular flexibility index (Phi) is 2.04. The minimum absolute atomic E-state index is 0.0955. The van der Waals surface area contributed by atoms with Crippen molar-refractivity contribution in [3.63, 3.8) is 0 Å². The van der Waals surface area contributed by atoms with Gasteiger partial charge >= 0.3 is 5.97 Å². The summed E-state index contributed by atoms with van der Waals surface area (Å²) in [4.78, 5) is 26.0. The Morgan fingerprint density at radius 3 is 2.78 bits per heavy atom. The zero-order valence-corrected chi connectivity index (χ0v) is 9.60. The number of nitrogens with zero attached hydrogens (tertiary/aromatic N) is 1. The van der Waals surface area contributed by atoms with Crippen LogP contribution in [-0.4, -0.2) is 20.6 Å². The Bertz CT molecular complexity index is 842. The summed E-state index contributed by atoms with van der Waals surface area (Å²) in [6.07, 6.45) is 1.68. The van der Waals surface area contributed by atoms with Crippen LogP contribution in [0.25, 0.3) is 21.8 Å². The van der Waals surface area contributed by atoms with Gasteiger partial charge in [-0.3, -0.25) is 4.79 Å². The van der Waals surface area contributed by atoms with Crippen LogP contribution in [0.5, 0.6) is 0 Å². The first-order valence-corrected chi connectivity index (χ1v) is 5.42. The van der Waals surface area contributed by atoms with Crippen LogP contribution in [0.1, 0.15) is 10.4 Å². The number of aromatic amines is 1. The maximum Gasteiger partial charge on any atom is 0.335 e. The van der Waals surface area contributed by atoms with Gasteiger partial charge in [-0.1, -0.05) is 6.07 Å². The predicted octanol–water partition coefficient (Wildman–Crippen LogP) is 1.72. The summed E-state index contributed by atoms with van der Waals surface area (Å²) in [6.45, 7) is 0. The van der Waals surface area contributed by atoms with Crippen molar-refractivity contribution in [3.8, 4) is 0 Å². The van der Waals surface area contributed by atoms with Gasteiger partial charge in [0.25, 0.3) is 5.56 Å². The number of fused-ring (bicyclic) bond motifs is 3. The number of aromatic carboxylic acids is 1. The van der Waals surface area contributed by atoms with Crippen LogP contribution in [-0.2, 0) is 7.05 Å². The highest BCUT2D eigenvalue weighted by atomic mass is 16.4. The smallest absolute Gasteiger partial charge is 0.335 e. The lowest BCUT2D eigenvalue weighted by Gasteiger charge is -1.96. The lowest BCUT2D eigenvalue weighted by molar-refractivity contribution is 0.0697. The number of benzene rings is 1. The van der Waals surface area contributed by atoms with Gasteiger partial charge in [-0.05, 0) is 18.2 Å². The van der Waals surface area contributed by atoms with Crippen molar-refractivity contribution < 1.29 is 9.90 Å². The SMILES string of the molecule is Cn1ccc2[nH]c3cc(C(=O)O)ccc3c2c1=O. The van der Waals surface area contributed by atoms with Crippen molar-refractivity contribution in [1.82, 2.24) is 9.55 Å². The second-order valence-corrected chi connectivity index (χ2v) is 4.21. The fourth-order valence-electron chi connectivity index (χ4n) is 2.14. The lowest BCUT2D eigenvalue weighted by atomic mass is 10.1. The van der Waals surface area contributed by atoms with E-state index in [2.05, 4.69) is 4.98 Å². The number of hydrogen-bond acceptors (Lipinski definition) is 2. The van der Waals surface area contributed by atoms with Crippen LogP contribution >= 0.6 is 0 Å². The van der Waals surface area contributed by atoms with Crippen LogP contribution in [0.4, 0.5) is 0 Å². The molecule has 0 aliphatic carbocycles. The molecule has 5 nitrogen and oxygen atoms in total. The van der Waals surface area contributed by atoms with Gasteiger partial charge in [0.05, 0.1) is 16.5 Å². The number of carboxylic acids is 1. The van der Waals surface area contributed by atoms with E-state index in [0.29, 0.717) is 10.9 Å². The zero-order valence-electron chi connectivity index (χ0n) is 9.60. The first-order valence-electron chi connectivity index (χ1n) is 5.42. The number of carboxylic acid groups (broad SMARTS) is 1. The molecule has 0 atom stereocenters. The largest absolute Gasteiger partial charge is 0.478 e. The minimum atomic E-state index is -0.983. The van der Waals surface area contributed by atoms with Gasteiger partial charge in [0, 0.05) is 24.1 Å². The van der Waals surface area contributed by atoms with Crippen molar-refractivity contribution in [2.45, 2.75) is 0 Å². The highest BCUT2D eigenvalue weighted by Crippen LogP contribution is 2.23. The average Bonchev–Trinajstić information content (AvgIpc) is 2.71. The number of aromatic nitrogens is 2. The normalized spacial score (nSPS) is 11.2. The number of carbonyl (C=O) groups is 1. The van der Waals surface area contributed by atoms with E-state index in [0.717, 1.165) is 10.9 Å². The second-order valence-electron chi connectivity index (χ2n) is 4.21. The minimum Gasteiger partial charge on any atom is -0.478 e. The molecule has 0 saturated carbocycles. The van der Waals surface area contributed by atoms with E-state index in [1.165, 1.54) is 16.7 Å². The summed E-state index contributed by atoms with van der Waals surface area (Å²) in [5, 5.41) is 10.3. The summed E-state index contributed by atoms with van der Waals surface area (Å²) in [5.41, 5.74) is 1.48. The van der Waals surface area contributed by atoms with Crippen molar-refractivity contribution in [2.75, 3.05) is 0 Å². The lowest BCUT2D eigenvalue weighted by Crippen LogP contribution is -2.14. The monoisotopic (exact) mass is 242 g/mol. The van der Waals surface area contributed by atoms with Crippen LogP contribution in [0.15, 0.2) is 35.3 Å². The van der Waals surface area contributed by atoms with Crippen molar-refractivity contribution >= 4 is 27.8 Å². The summed E-state index contributed by atoms with van der Waals surface area (Å²) >= 11 is 0. The predicted molar refractivity (Wildman–Crippen MR) is 68.0 cm³/mol. The van der Waals surface area contributed by atoms with E-state index in [1.54, 1.807) is 25.4 Å². The molecule has 0 unspecified atom stereocenters. The molecule has 3 rings (SSSR count). The molecule has 5 heteroatoms. The molecule has 3 aromatic rings. The Hall–Kier alpha value is -2.56. The van der Waals surface area contributed by atoms with Gasteiger partial charge < -0.3 is 14.7 Å². The fraction of sp³-hybridized carbons (Fsp3) is 0.0769. The molecule has 0 bridgehead atoms. The van der Waals surface area contributed by atoms with Crippen LogP contribution in [0.3, 0.4) is 0 Å². The molecule has 2 aromatic heterocycles. The van der Waals surface area contributed by atoms with Crippen molar-refractivity contribution in [1.29, 1.82) is 0 Å². The molecule has 0 aliphatic rings. The molecule has 2 heterocycles. The summed E-state index contributed by atoms with van der Waals surface area (Å²) < 4.78 is 1.50. The molecule has 1 aromatic carbocycles. The van der Waals surface area contributed by atoms with E-state index < -0.39 is 5.97 Å². The number of H-pyrrole nitrogens is 1. The number of pyridine rings is 1. The molecular formula is C13H10N2O3. The van der Waals surface area contributed by atoms with Crippen LogP contribution < -0.4 is 5.56 Å². The Labute approximate surface area is 101 Å². The molecule has 0 saturated heterocycles. The van der Waals surface area contributed by atoms with Gasteiger partial charge in [-0.2, -0.15) is 0 Å². The molecule has 0 aliphatic heterocycles. The third-order valence-electron chi connectivity index (χ3n) is 3.07. The third kappa shape index (κ3) is 1.34. The molecular weight excluding hydrogens is 232 g/mol. The summed E-state index contributed by atoms with van der Waals surface area (Å²) in [5.74, 6) is -0.983. The van der Waals surface area contributed by atoms with Gasteiger partial charge in [-0.15, -0.1) is 0 Å². The summed E-state index contributed by atoms with van der Waals surface area (Å²) in [7, 11) is 1.69. The van der Waals surface area contributed by atoms with E-state index in [1.807, 2.05) is 0 Å². The van der Waals surface area contributed by atoms with Gasteiger partial charge in [0.2, 0.25) is 0 Å². The number of aryl methyl sites for hydroxylation is 1. The van der Waals surface area contributed by atoms with Crippen LogP contribution in [0.2, 0.25) is 0 Å². The maximum atomic E-state index is 12.0. The van der Waals surface area contributed by atoms with Gasteiger partial charge in [0.15, 0.2) is 0 Å². The highest BCUT2D eigenvalue weighted by molar-refractivity contribution is 6.08. The van der Waals surface area contributed by atoms with E-state index in [4.69, 9.17) is 5.11 Å². The topological polar surface area (TPSA) is 75.1 Å². The Morgan fingerprint density at radius 2 is 2.06 bits per heavy atom. The Balaban J connectivity index is 2.49. The van der Waals surface area contributed by atoms with Crippen LogP contribution in [0, 0.1) is 0 Å². The number of rotatable bonds is 1. The quantitative estimate of drug-likeness (QED) is 0.682. The molecule has 0 spiro atoms. The van der Waals surface area contributed by atoms with E-state index >= 15 is 0 Å². The third-order valence-corrected chi connectivity index (χ3v) is 3.07. The van der Waals surface area contributed by atoms with Crippen molar-refractivity contribution in [2.24, 2.45) is 7.05 Å². The molecule has 90 valence electrons. The highest BCUT2D eigenvalue weighted by Gasteiger charge is 2.11. The second kappa shape index (κ2) is 3.46. The summed E-state index contributed by atoms with van der Waals surface area (Å²) in [6, 6.07) is 6.51. The molecule has 0 radical (unpaired) electrons. The van der Waals surface area contributed by atoms with Crippen molar-refractivity contribution in [3.05, 3.63) is 46.4 Å². The Morgan fingerprint density at radius 1 is 1.28 bits per heavy atom. The first-order chi connectivity index (χ1) is 8.58. The molecule has 0 fully saturated rings. The van der Waals surface area contributed by atoms with Gasteiger partial charge in [0.1, 0.15) is 0 Å². The first kappa shape index (κ1) is 10.6. The molecule has 18 heavy (non-hydrogen) atoms. The average molecular weight is 242 g/mol. The number of hydrogen-bond donors (Lipinski definition) is 2. The molecule has 0 amide bonds. The standard InChI is InChI=1S/C13H10N2O3/c1-15-5-4-9-11(12(15)16)8-3-2-7(13(17)18)6-10(8)14-9/h2-6,14H,1H3,(H,17,18). The van der Waals surface area contributed by atoms with E-state index in [9.17, 15) is 9.59 Å². The fourth-order valence-corrected chi connectivity index (χ4v) is 2.14. The maximum absolute atomic E-state index is 12.0. The van der Waals surface area contributed by atoms with E-state index in [-0.39, 0.29) is 11.1 Å². The zero-order chi connectivity index (χ0) is 12.9. The molecule has 2 N–H and O–H groups in total. The van der Waals surface area contributed by atoms with Gasteiger partial charge in [-0.25, -0.2) is 4.79 Å². The number of nitrogens with one attached hydrogen (secondary N) is 1.